The van der Waals surface area contributed by atoms with Crippen molar-refractivity contribution in [3.63, 3.8) is 0 Å². The van der Waals surface area contributed by atoms with Crippen molar-refractivity contribution >= 4 is 23.9 Å². The predicted octanol–water partition coefficient (Wildman–Crippen LogP) is -1.42. The molecule has 0 fully saturated rings. The molecule has 1 atom stereocenters. The van der Waals surface area contributed by atoms with Crippen molar-refractivity contribution in [3.8, 4) is 0 Å². The third-order valence-electron chi connectivity index (χ3n) is 1.08. The average Bonchev–Trinajstić information content (AvgIpc) is 2.14. The summed E-state index contributed by atoms with van der Waals surface area (Å²) in [6, 6.07) is -1.29. The highest BCUT2D eigenvalue weighted by molar-refractivity contribution is 5.89. The van der Waals surface area contributed by atoms with E-state index in [-0.39, 0.29) is 0 Å². The first kappa shape index (κ1) is 17.0. The van der Waals surface area contributed by atoms with Crippen molar-refractivity contribution in [2.24, 2.45) is 5.73 Å². The fourth-order valence-corrected chi connectivity index (χ4v) is 0.418. The Morgan fingerprint density at radius 3 is 1.41 bits per heavy atom. The van der Waals surface area contributed by atoms with E-state index >= 15 is 0 Å². The zero-order valence-corrected chi connectivity index (χ0v) is 8.44. The van der Waals surface area contributed by atoms with Gasteiger partial charge in [0.25, 0.3) is 0 Å². The van der Waals surface area contributed by atoms with Gasteiger partial charge >= 0.3 is 23.9 Å². The molecule has 96 valence electrons. The van der Waals surface area contributed by atoms with Crippen LogP contribution in [-0.2, 0) is 19.2 Å². The molecule has 0 heterocycles. The Morgan fingerprint density at radius 1 is 0.941 bits per heavy atom. The predicted molar refractivity (Wildman–Crippen MR) is 52.3 cm³/mol. The van der Waals surface area contributed by atoms with Gasteiger partial charge in [-0.1, -0.05) is 0 Å². The van der Waals surface area contributed by atoms with Crippen LogP contribution in [0.25, 0.3) is 0 Å². The van der Waals surface area contributed by atoms with Gasteiger partial charge in [-0.05, 0) is 0 Å². The second-order valence-corrected chi connectivity index (χ2v) is 2.55. The van der Waals surface area contributed by atoms with Gasteiger partial charge < -0.3 is 26.2 Å². The molecule has 0 bridgehead atoms. The van der Waals surface area contributed by atoms with Crippen molar-refractivity contribution < 1.29 is 39.6 Å². The SMILES string of the molecule is N[C@@H](CC(=O)O)C(=O)O.O=C(O)/C=C\C(=O)O. The number of carbonyl (C=O) groups is 4. The highest BCUT2D eigenvalue weighted by Gasteiger charge is 2.14. The molecule has 17 heavy (non-hydrogen) atoms. The van der Waals surface area contributed by atoms with Crippen LogP contribution < -0.4 is 5.73 Å². The van der Waals surface area contributed by atoms with Gasteiger partial charge in [0.15, 0.2) is 0 Å². The zero-order chi connectivity index (χ0) is 14.0. The third kappa shape index (κ3) is 16.3. The van der Waals surface area contributed by atoms with Crippen molar-refractivity contribution in [1.29, 1.82) is 0 Å². The highest BCUT2D eigenvalue weighted by Crippen LogP contribution is 1.86. The van der Waals surface area contributed by atoms with Crippen molar-refractivity contribution in [2.75, 3.05) is 0 Å². The molecule has 0 aromatic heterocycles. The molecule has 0 amide bonds. The Bertz CT molecular complexity index is 318. The Morgan fingerprint density at radius 2 is 1.29 bits per heavy atom. The number of rotatable bonds is 5. The first-order valence-electron chi connectivity index (χ1n) is 4.01. The molecule has 0 aliphatic heterocycles. The fraction of sp³-hybridized carbons (Fsp3) is 0.250. The lowest BCUT2D eigenvalue weighted by molar-refractivity contribution is -0.144. The molecule has 9 nitrogen and oxygen atoms in total. The van der Waals surface area contributed by atoms with Gasteiger partial charge in [0.05, 0.1) is 6.42 Å². The molecule has 0 aromatic rings. The number of hydrogen-bond donors (Lipinski definition) is 5. The molecule has 0 unspecified atom stereocenters. The maximum Gasteiger partial charge on any atom is 0.328 e. The highest BCUT2D eigenvalue weighted by atomic mass is 16.4. The molecule has 0 aromatic carbocycles. The minimum atomic E-state index is -1.29. The van der Waals surface area contributed by atoms with Crippen LogP contribution in [0.4, 0.5) is 0 Å². The topological polar surface area (TPSA) is 175 Å². The van der Waals surface area contributed by atoms with Crippen LogP contribution in [-0.4, -0.2) is 50.3 Å². The van der Waals surface area contributed by atoms with Crippen LogP contribution in [0.3, 0.4) is 0 Å². The van der Waals surface area contributed by atoms with Crippen LogP contribution in [0.15, 0.2) is 12.2 Å². The molecule has 0 aliphatic rings. The van der Waals surface area contributed by atoms with Crippen molar-refractivity contribution in [1.82, 2.24) is 0 Å². The molecule has 0 rings (SSSR count). The summed E-state index contributed by atoms with van der Waals surface area (Å²) in [6.45, 7) is 0. The maximum absolute atomic E-state index is 9.85. The van der Waals surface area contributed by atoms with Crippen LogP contribution in [0.5, 0.6) is 0 Å². The van der Waals surface area contributed by atoms with Gasteiger partial charge in [-0.15, -0.1) is 0 Å². The van der Waals surface area contributed by atoms with Crippen LogP contribution in [0.1, 0.15) is 6.42 Å². The lowest BCUT2D eigenvalue weighted by Gasteiger charge is -1.99. The van der Waals surface area contributed by atoms with E-state index < -0.39 is 36.3 Å². The molecule has 0 saturated carbocycles. The normalized spacial score (nSPS) is 11.1. The summed E-state index contributed by atoms with van der Waals surface area (Å²) in [5.41, 5.74) is 4.84. The van der Waals surface area contributed by atoms with E-state index in [2.05, 4.69) is 0 Å². The second kappa shape index (κ2) is 8.85. The molecule has 0 spiro atoms. The first-order chi connectivity index (χ1) is 7.66. The Kier molecular flexibility index (Phi) is 8.85. The molecule has 6 N–H and O–H groups in total. The number of nitrogens with two attached hydrogens (primary N) is 1. The zero-order valence-electron chi connectivity index (χ0n) is 8.44. The monoisotopic (exact) mass is 249 g/mol. The fourth-order valence-electron chi connectivity index (χ4n) is 0.418. The van der Waals surface area contributed by atoms with Gasteiger partial charge in [-0.2, -0.15) is 0 Å². The van der Waals surface area contributed by atoms with E-state index in [1.54, 1.807) is 0 Å². The van der Waals surface area contributed by atoms with Crippen LogP contribution in [0, 0.1) is 0 Å². The summed E-state index contributed by atoms with van der Waals surface area (Å²) in [5.74, 6) is -5.01. The number of aliphatic carboxylic acids is 4. The summed E-state index contributed by atoms with van der Waals surface area (Å²) >= 11 is 0. The van der Waals surface area contributed by atoms with Crippen LogP contribution >= 0.6 is 0 Å². The maximum atomic E-state index is 9.85. The van der Waals surface area contributed by atoms with E-state index in [0.717, 1.165) is 0 Å². The van der Waals surface area contributed by atoms with Crippen molar-refractivity contribution in [3.05, 3.63) is 12.2 Å². The molecule has 0 saturated heterocycles. The quantitative estimate of drug-likeness (QED) is 0.366. The molecule has 9 heteroatoms. The number of carboxylic acids is 4. The summed E-state index contributed by atoms with van der Waals surface area (Å²) in [6.07, 6.45) is 0.583. The summed E-state index contributed by atoms with van der Waals surface area (Å²) < 4.78 is 0. The minimum Gasteiger partial charge on any atom is -0.481 e. The van der Waals surface area contributed by atoms with Gasteiger partial charge in [0, 0.05) is 12.2 Å². The van der Waals surface area contributed by atoms with E-state index in [1.165, 1.54) is 0 Å². The van der Waals surface area contributed by atoms with Crippen molar-refractivity contribution in [2.45, 2.75) is 12.5 Å². The molecule has 0 aliphatic carbocycles. The Balaban J connectivity index is 0. The lowest BCUT2D eigenvalue weighted by atomic mass is 10.2. The molecular formula is C8H11NO8. The number of hydrogen-bond acceptors (Lipinski definition) is 5. The van der Waals surface area contributed by atoms with Gasteiger partial charge in [-0.25, -0.2) is 9.59 Å². The van der Waals surface area contributed by atoms with E-state index in [1.807, 2.05) is 0 Å². The van der Waals surface area contributed by atoms with E-state index in [0.29, 0.717) is 12.2 Å². The van der Waals surface area contributed by atoms with Gasteiger partial charge in [0.2, 0.25) is 0 Å². The Labute approximate surface area is 94.8 Å². The van der Waals surface area contributed by atoms with Gasteiger partial charge in [-0.3, -0.25) is 9.59 Å². The number of carboxylic acid groups (broad SMARTS) is 4. The lowest BCUT2D eigenvalue weighted by Crippen LogP contribution is -2.32. The average molecular weight is 249 g/mol. The third-order valence-corrected chi connectivity index (χ3v) is 1.08. The van der Waals surface area contributed by atoms with Gasteiger partial charge in [0.1, 0.15) is 6.04 Å². The molecular weight excluding hydrogens is 238 g/mol. The summed E-state index contributed by atoms with van der Waals surface area (Å²) in [4.78, 5) is 38.7. The Hall–Kier alpha value is -2.42. The van der Waals surface area contributed by atoms with E-state index in [9.17, 15) is 19.2 Å². The minimum absolute atomic E-state index is 0.532. The standard InChI is InChI=1S/C4H7NO4.C4H4O4/c5-2(4(8)9)1-3(6)7;5-3(6)1-2-4(7)8/h2H,1,5H2,(H,6,7)(H,8,9);1-2H,(H,5,6)(H,7,8)/b;2-1-/t2-;/m0./s1. The largest absolute Gasteiger partial charge is 0.481 e. The first-order valence-corrected chi connectivity index (χ1v) is 4.01. The summed E-state index contributed by atoms with van der Waals surface area (Å²) in [5, 5.41) is 31.7. The van der Waals surface area contributed by atoms with Crippen LogP contribution in [0.2, 0.25) is 0 Å². The molecule has 0 radical (unpaired) electrons. The van der Waals surface area contributed by atoms with E-state index in [4.69, 9.17) is 26.2 Å². The second-order valence-electron chi connectivity index (χ2n) is 2.55. The summed E-state index contributed by atoms with van der Waals surface area (Å²) in [7, 11) is 0. The smallest absolute Gasteiger partial charge is 0.328 e.